The molecule has 0 saturated carbocycles. The van der Waals surface area contributed by atoms with Gasteiger partial charge in [0.05, 0.1) is 28.7 Å². The van der Waals surface area contributed by atoms with Gasteiger partial charge in [-0.15, -0.1) is 0 Å². The molecule has 0 bridgehead atoms. The molecule has 1 atom stereocenters. The number of fused-ring (bicyclic) bond motifs is 1. The van der Waals surface area contributed by atoms with Gasteiger partial charge in [0.25, 0.3) is 5.91 Å². The maximum Gasteiger partial charge on any atom is 0.338 e. The monoisotopic (exact) mass is 626 g/mol. The summed E-state index contributed by atoms with van der Waals surface area (Å²) in [6.07, 6.45) is 2.65. The predicted molar refractivity (Wildman–Crippen MR) is 173 cm³/mol. The second-order valence-corrected chi connectivity index (χ2v) is 11.3. The van der Waals surface area contributed by atoms with Crippen molar-refractivity contribution in [1.29, 1.82) is 0 Å². The lowest BCUT2D eigenvalue weighted by molar-refractivity contribution is -0.139. The number of amides is 1. The van der Waals surface area contributed by atoms with Crippen molar-refractivity contribution >= 4 is 57.3 Å². The van der Waals surface area contributed by atoms with Crippen molar-refractivity contribution in [2.45, 2.75) is 39.2 Å². The number of carboxylic acid groups (broad SMARTS) is 1. The van der Waals surface area contributed by atoms with E-state index in [-0.39, 0.29) is 34.9 Å². The number of benzene rings is 4. The van der Waals surface area contributed by atoms with Crippen LogP contribution in [0, 0.1) is 5.82 Å². The first kappa shape index (κ1) is 31.5. The van der Waals surface area contributed by atoms with Gasteiger partial charge in [-0.1, -0.05) is 55.8 Å². The van der Waals surface area contributed by atoms with Gasteiger partial charge in [-0.05, 0) is 83.9 Å². The first-order chi connectivity index (χ1) is 21.7. The summed E-state index contributed by atoms with van der Waals surface area (Å²) in [6.45, 7) is 4.13. The number of thioether (sulfide) groups is 1. The zero-order valence-corrected chi connectivity index (χ0v) is 25.5. The molecule has 4 aromatic carbocycles. The third-order valence-corrected chi connectivity index (χ3v) is 8.05. The topological polar surface area (TPSA) is 114 Å². The quantitative estimate of drug-likeness (QED) is 0.130. The summed E-state index contributed by atoms with van der Waals surface area (Å²) in [5.41, 5.74) is 2.35. The number of nitrogens with zero attached hydrogens (tertiary/aromatic N) is 1. The Morgan fingerprint density at radius 1 is 1.02 bits per heavy atom. The standard InChI is InChI=1S/C35H31FN2O6S/c1-3-7-28(33(40)41)27-15-14-26(19-29(27)36)37-35-38-32(39)31(45-35)18-25-16-23-8-5-6-9-24(23)17-30(25)44-20-21-10-12-22(13-11-21)34(42)43-4-2/h5-6,8-19,28H,3-4,7,20H2,1-2H3,(H,40,41)(H,37,38,39). The fourth-order valence-corrected chi connectivity index (χ4v) is 5.73. The Hall–Kier alpha value is -4.96. The number of carboxylic acids is 1. The van der Waals surface area contributed by atoms with Crippen molar-refractivity contribution in [1.82, 2.24) is 5.32 Å². The highest BCUT2D eigenvalue weighted by Crippen LogP contribution is 2.34. The molecule has 230 valence electrons. The number of rotatable bonds is 11. The SMILES string of the molecule is CCCC(C(=O)O)c1ccc(N=C2NC(=O)C(=Cc3cc4ccccc4cc3OCc3ccc(C(=O)OCC)cc3)S2)cc1F. The number of hydrogen-bond donors (Lipinski definition) is 2. The number of aliphatic imine (C=N–C) groups is 1. The number of aliphatic carboxylic acids is 1. The highest BCUT2D eigenvalue weighted by molar-refractivity contribution is 8.18. The van der Waals surface area contributed by atoms with E-state index in [2.05, 4.69) is 10.3 Å². The van der Waals surface area contributed by atoms with Gasteiger partial charge in [0.2, 0.25) is 0 Å². The van der Waals surface area contributed by atoms with Crippen LogP contribution in [0.1, 0.15) is 59.7 Å². The van der Waals surface area contributed by atoms with E-state index in [0.717, 1.165) is 28.1 Å². The Bertz CT molecular complexity index is 1820. The van der Waals surface area contributed by atoms with Crippen LogP contribution in [-0.4, -0.2) is 34.7 Å². The second-order valence-electron chi connectivity index (χ2n) is 10.3. The van der Waals surface area contributed by atoms with Gasteiger partial charge >= 0.3 is 11.9 Å². The van der Waals surface area contributed by atoms with Crippen LogP contribution >= 0.6 is 11.8 Å². The minimum atomic E-state index is -1.08. The molecule has 1 aliphatic rings. The van der Waals surface area contributed by atoms with Crippen LogP contribution < -0.4 is 10.1 Å². The molecule has 10 heteroatoms. The molecule has 1 unspecified atom stereocenters. The lowest BCUT2D eigenvalue weighted by Gasteiger charge is -2.12. The van der Waals surface area contributed by atoms with Crippen LogP contribution in [0.3, 0.4) is 0 Å². The summed E-state index contributed by atoms with van der Waals surface area (Å²) >= 11 is 1.11. The molecule has 5 rings (SSSR count). The van der Waals surface area contributed by atoms with Crippen molar-refractivity contribution < 1.29 is 33.4 Å². The van der Waals surface area contributed by atoms with Crippen molar-refractivity contribution in [2.24, 2.45) is 4.99 Å². The van der Waals surface area contributed by atoms with E-state index in [9.17, 15) is 23.9 Å². The molecule has 0 aliphatic carbocycles. The minimum Gasteiger partial charge on any atom is -0.488 e. The van der Waals surface area contributed by atoms with E-state index < -0.39 is 17.7 Å². The molecule has 45 heavy (non-hydrogen) atoms. The van der Waals surface area contributed by atoms with Crippen molar-refractivity contribution in [3.05, 3.63) is 112 Å². The van der Waals surface area contributed by atoms with Crippen molar-refractivity contribution in [3.8, 4) is 5.75 Å². The van der Waals surface area contributed by atoms with E-state index in [4.69, 9.17) is 9.47 Å². The first-order valence-electron chi connectivity index (χ1n) is 14.5. The lowest BCUT2D eigenvalue weighted by Crippen LogP contribution is -2.19. The predicted octanol–water partition coefficient (Wildman–Crippen LogP) is 7.59. The summed E-state index contributed by atoms with van der Waals surface area (Å²) in [5.74, 6) is -2.85. The third-order valence-electron chi connectivity index (χ3n) is 7.14. The molecule has 0 radical (unpaired) electrons. The largest absolute Gasteiger partial charge is 0.488 e. The molecule has 1 amide bonds. The van der Waals surface area contributed by atoms with E-state index in [0.29, 0.717) is 41.2 Å². The zero-order chi connectivity index (χ0) is 31.9. The maximum absolute atomic E-state index is 14.9. The Balaban J connectivity index is 1.38. The Morgan fingerprint density at radius 3 is 2.42 bits per heavy atom. The van der Waals surface area contributed by atoms with Gasteiger partial charge < -0.3 is 19.9 Å². The summed E-state index contributed by atoms with van der Waals surface area (Å²) < 4.78 is 26.1. The van der Waals surface area contributed by atoms with E-state index in [1.807, 2.05) is 43.3 Å². The number of amidine groups is 1. The second kappa shape index (κ2) is 14.2. The van der Waals surface area contributed by atoms with E-state index in [1.54, 1.807) is 43.3 Å². The molecule has 4 aromatic rings. The summed E-state index contributed by atoms with van der Waals surface area (Å²) in [6, 6.07) is 22.8. The normalized spacial score (nSPS) is 15.3. The van der Waals surface area contributed by atoms with Gasteiger partial charge in [0, 0.05) is 11.1 Å². The van der Waals surface area contributed by atoms with Gasteiger partial charge in [0.15, 0.2) is 5.17 Å². The summed E-state index contributed by atoms with van der Waals surface area (Å²) in [7, 11) is 0. The summed E-state index contributed by atoms with van der Waals surface area (Å²) in [5, 5.41) is 14.4. The number of carbonyl (C=O) groups excluding carboxylic acids is 2. The molecule has 2 N–H and O–H groups in total. The van der Waals surface area contributed by atoms with Gasteiger partial charge in [0.1, 0.15) is 18.2 Å². The highest BCUT2D eigenvalue weighted by Gasteiger charge is 2.26. The van der Waals surface area contributed by atoms with Crippen LogP contribution in [0.2, 0.25) is 0 Å². The van der Waals surface area contributed by atoms with Crippen LogP contribution in [-0.2, 0) is 20.9 Å². The molecular weight excluding hydrogens is 595 g/mol. The van der Waals surface area contributed by atoms with Crippen LogP contribution in [0.15, 0.2) is 88.8 Å². The molecule has 0 aromatic heterocycles. The Labute approximate surface area is 264 Å². The molecule has 1 saturated heterocycles. The number of ether oxygens (including phenoxy) is 2. The molecule has 0 spiro atoms. The number of nitrogens with one attached hydrogen (secondary N) is 1. The molecule has 1 aliphatic heterocycles. The lowest BCUT2D eigenvalue weighted by atomic mass is 9.94. The fourth-order valence-electron chi connectivity index (χ4n) is 4.90. The van der Waals surface area contributed by atoms with Crippen LogP contribution in [0.4, 0.5) is 10.1 Å². The fraction of sp³-hybridized carbons (Fsp3) is 0.200. The van der Waals surface area contributed by atoms with E-state index in [1.165, 1.54) is 12.1 Å². The smallest absolute Gasteiger partial charge is 0.338 e. The molecule has 1 fully saturated rings. The maximum atomic E-state index is 14.9. The van der Waals surface area contributed by atoms with E-state index >= 15 is 0 Å². The van der Waals surface area contributed by atoms with Crippen molar-refractivity contribution in [3.63, 3.8) is 0 Å². The minimum absolute atomic E-state index is 0.107. The Kier molecular flexibility index (Phi) is 9.94. The summed E-state index contributed by atoms with van der Waals surface area (Å²) in [4.78, 5) is 41.3. The highest BCUT2D eigenvalue weighted by atomic mass is 32.2. The number of carbonyl (C=O) groups is 3. The number of halogens is 1. The Morgan fingerprint density at radius 2 is 1.76 bits per heavy atom. The molecular formula is C35H31FN2O6S. The number of hydrogen-bond acceptors (Lipinski definition) is 7. The molecule has 8 nitrogen and oxygen atoms in total. The van der Waals surface area contributed by atoms with Crippen LogP contribution in [0.5, 0.6) is 5.75 Å². The van der Waals surface area contributed by atoms with Gasteiger partial charge in [-0.25, -0.2) is 14.2 Å². The van der Waals surface area contributed by atoms with Gasteiger partial charge in [-0.3, -0.25) is 9.59 Å². The zero-order valence-electron chi connectivity index (χ0n) is 24.7. The molecule has 1 heterocycles. The average Bonchev–Trinajstić information content (AvgIpc) is 3.37. The third kappa shape index (κ3) is 7.58. The average molecular weight is 627 g/mol. The number of esters is 1. The first-order valence-corrected chi connectivity index (χ1v) is 15.3. The van der Waals surface area contributed by atoms with Gasteiger partial charge in [-0.2, -0.15) is 0 Å². The van der Waals surface area contributed by atoms with Crippen LogP contribution in [0.25, 0.3) is 16.8 Å². The van der Waals surface area contributed by atoms with Crippen molar-refractivity contribution in [2.75, 3.05) is 6.61 Å².